The number of hydrogen-bond acceptors (Lipinski definition) is 5. The molecule has 1 atom stereocenters. The highest BCUT2D eigenvalue weighted by atomic mass is 15.3. The predicted molar refractivity (Wildman–Crippen MR) is 71.8 cm³/mol. The topological polar surface area (TPSA) is 75.9 Å². The summed E-state index contributed by atoms with van der Waals surface area (Å²) >= 11 is 0. The first-order valence-corrected chi connectivity index (χ1v) is 6.18. The number of hydrogen-bond donors (Lipinski definition) is 3. The van der Waals surface area contributed by atoms with Gasteiger partial charge in [0.2, 0.25) is 0 Å². The summed E-state index contributed by atoms with van der Waals surface area (Å²) < 4.78 is 0. The van der Waals surface area contributed by atoms with Crippen molar-refractivity contribution in [1.82, 2.24) is 9.97 Å². The van der Waals surface area contributed by atoms with Gasteiger partial charge in [-0.05, 0) is 19.3 Å². The summed E-state index contributed by atoms with van der Waals surface area (Å²) in [7, 11) is 0. The van der Waals surface area contributed by atoms with E-state index in [9.17, 15) is 0 Å². The second-order valence-electron chi connectivity index (χ2n) is 4.63. The predicted octanol–water partition coefficient (Wildman–Crippen LogP) is 2.17. The van der Waals surface area contributed by atoms with E-state index in [-0.39, 0.29) is 0 Å². The molecule has 0 radical (unpaired) electrons. The van der Waals surface area contributed by atoms with Crippen molar-refractivity contribution in [3.63, 3.8) is 0 Å². The fourth-order valence-electron chi connectivity index (χ4n) is 1.38. The van der Waals surface area contributed by atoms with Gasteiger partial charge in [-0.25, -0.2) is 15.8 Å². The molecule has 1 aromatic rings. The minimum atomic E-state index is 0.366. The summed E-state index contributed by atoms with van der Waals surface area (Å²) in [5.41, 5.74) is 2.58. The van der Waals surface area contributed by atoms with Gasteiger partial charge < -0.3 is 10.7 Å². The van der Waals surface area contributed by atoms with E-state index in [1.165, 1.54) is 0 Å². The zero-order valence-electron chi connectivity index (χ0n) is 11.1. The first-order chi connectivity index (χ1) is 8.06. The van der Waals surface area contributed by atoms with E-state index in [1.54, 1.807) is 0 Å². The molecule has 0 saturated carbocycles. The highest BCUT2D eigenvalue weighted by Crippen LogP contribution is 2.14. The molecule has 1 rings (SSSR count). The van der Waals surface area contributed by atoms with E-state index >= 15 is 0 Å². The van der Waals surface area contributed by atoms with Crippen LogP contribution in [0, 0.1) is 5.92 Å². The van der Waals surface area contributed by atoms with Gasteiger partial charge >= 0.3 is 0 Å². The molecule has 4 N–H and O–H groups in total. The van der Waals surface area contributed by atoms with E-state index in [2.05, 4.69) is 48.4 Å². The first kappa shape index (κ1) is 13.7. The molecule has 0 fully saturated rings. The molecule has 1 unspecified atom stereocenters. The molecule has 0 aliphatic carbocycles. The highest BCUT2D eigenvalue weighted by molar-refractivity contribution is 5.47. The lowest BCUT2D eigenvalue weighted by Gasteiger charge is -2.18. The van der Waals surface area contributed by atoms with Gasteiger partial charge in [0, 0.05) is 18.5 Å². The third-order valence-electron chi connectivity index (χ3n) is 2.77. The Morgan fingerprint density at radius 1 is 1.24 bits per heavy atom. The van der Waals surface area contributed by atoms with Crippen molar-refractivity contribution in [3.8, 4) is 0 Å². The number of nitrogens with one attached hydrogen (secondary N) is 2. The van der Waals surface area contributed by atoms with E-state index in [0.717, 1.165) is 24.5 Å². The average Bonchev–Trinajstić information content (AvgIpc) is 2.28. The summed E-state index contributed by atoms with van der Waals surface area (Å²) in [4.78, 5) is 8.78. The van der Waals surface area contributed by atoms with Gasteiger partial charge in [0.25, 0.3) is 0 Å². The molecule has 1 heterocycles. The van der Waals surface area contributed by atoms with Gasteiger partial charge in [0.1, 0.15) is 17.5 Å². The Balaban J connectivity index is 2.86. The van der Waals surface area contributed by atoms with Crippen LogP contribution in [-0.2, 0) is 6.42 Å². The van der Waals surface area contributed by atoms with Crippen LogP contribution in [0.5, 0.6) is 0 Å². The number of rotatable bonds is 6. The maximum Gasteiger partial charge on any atom is 0.145 e. The number of aromatic nitrogens is 2. The third kappa shape index (κ3) is 4.19. The molecule has 0 aromatic carbocycles. The van der Waals surface area contributed by atoms with Gasteiger partial charge in [-0.15, -0.1) is 0 Å². The summed E-state index contributed by atoms with van der Waals surface area (Å²) in [6.45, 7) is 8.60. The van der Waals surface area contributed by atoms with E-state index in [1.807, 2.05) is 6.07 Å². The zero-order valence-corrected chi connectivity index (χ0v) is 11.1. The van der Waals surface area contributed by atoms with Crippen LogP contribution in [0.3, 0.4) is 0 Å². The SMILES string of the molecule is CCCc1nc(NN)cc(NC(C)C(C)C)n1. The Kier molecular flexibility index (Phi) is 5.15. The van der Waals surface area contributed by atoms with Crippen molar-refractivity contribution in [2.24, 2.45) is 11.8 Å². The van der Waals surface area contributed by atoms with Crippen LogP contribution >= 0.6 is 0 Å². The molecule has 0 bridgehead atoms. The fourth-order valence-corrected chi connectivity index (χ4v) is 1.38. The summed E-state index contributed by atoms with van der Waals surface area (Å²) in [6, 6.07) is 2.20. The highest BCUT2D eigenvalue weighted by Gasteiger charge is 2.09. The molecule has 5 heteroatoms. The Morgan fingerprint density at radius 3 is 2.41 bits per heavy atom. The van der Waals surface area contributed by atoms with Gasteiger partial charge in [0.05, 0.1) is 0 Å². The van der Waals surface area contributed by atoms with Gasteiger partial charge in [0.15, 0.2) is 0 Å². The smallest absolute Gasteiger partial charge is 0.145 e. The van der Waals surface area contributed by atoms with Gasteiger partial charge in [-0.3, -0.25) is 0 Å². The van der Waals surface area contributed by atoms with Crippen molar-refractivity contribution >= 4 is 11.6 Å². The van der Waals surface area contributed by atoms with Crippen LogP contribution in [0.4, 0.5) is 11.6 Å². The number of nitrogen functional groups attached to an aromatic ring is 1. The summed E-state index contributed by atoms with van der Waals surface area (Å²) in [5.74, 6) is 8.26. The van der Waals surface area contributed by atoms with Crippen LogP contribution in [0.2, 0.25) is 0 Å². The van der Waals surface area contributed by atoms with Crippen molar-refractivity contribution in [2.45, 2.75) is 46.6 Å². The van der Waals surface area contributed by atoms with Crippen LogP contribution in [0.15, 0.2) is 6.07 Å². The lowest BCUT2D eigenvalue weighted by atomic mass is 10.1. The second-order valence-corrected chi connectivity index (χ2v) is 4.63. The van der Waals surface area contributed by atoms with Crippen LogP contribution in [0.1, 0.15) is 39.9 Å². The molecule has 96 valence electrons. The fraction of sp³-hybridized carbons (Fsp3) is 0.667. The summed E-state index contributed by atoms with van der Waals surface area (Å²) in [5, 5.41) is 3.37. The number of aryl methyl sites for hydroxylation is 1. The van der Waals surface area contributed by atoms with Crippen LogP contribution in [-0.4, -0.2) is 16.0 Å². The van der Waals surface area contributed by atoms with Crippen LogP contribution in [0.25, 0.3) is 0 Å². The average molecular weight is 237 g/mol. The number of anilines is 2. The Labute approximate surface area is 103 Å². The molecule has 1 aromatic heterocycles. The molecule has 0 aliphatic heterocycles. The quantitative estimate of drug-likeness (QED) is 0.522. The van der Waals surface area contributed by atoms with Crippen molar-refractivity contribution in [3.05, 3.63) is 11.9 Å². The largest absolute Gasteiger partial charge is 0.367 e. The minimum Gasteiger partial charge on any atom is -0.367 e. The third-order valence-corrected chi connectivity index (χ3v) is 2.77. The molecular weight excluding hydrogens is 214 g/mol. The molecule has 0 aliphatic rings. The van der Waals surface area contributed by atoms with E-state index in [0.29, 0.717) is 17.8 Å². The lowest BCUT2D eigenvalue weighted by molar-refractivity contribution is 0.558. The molecule has 0 saturated heterocycles. The monoisotopic (exact) mass is 237 g/mol. The molecule has 0 amide bonds. The number of nitrogens with zero attached hydrogens (tertiary/aromatic N) is 2. The number of hydrazine groups is 1. The standard InChI is InChI=1S/C12H23N5/c1-5-6-10-15-11(7-12(16-10)17-13)14-9(4)8(2)3/h7-9H,5-6,13H2,1-4H3,(H2,14,15,16,17). The lowest BCUT2D eigenvalue weighted by Crippen LogP contribution is -2.23. The Hall–Kier alpha value is -1.36. The van der Waals surface area contributed by atoms with Gasteiger partial charge in [-0.1, -0.05) is 20.8 Å². The molecular formula is C12H23N5. The van der Waals surface area contributed by atoms with Crippen molar-refractivity contribution in [1.29, 1.82) is 0 Å². The zero-order chi connectivity index (χ0) is 12.8. The maximum absolute atomic E-state index is 5.41. The second kappa shape index (κ2) is 6.39. The van der Waals surface area contributed by atoms with E-state index in [4.69, 9.17) is 5.84 Å². The Morgan fingerprint density at radius 2 is 1.88 bits per heavy atom. The van der Waals surface area contributed by atoms with Crippen LogP contribution < -0.4 is 16.6 Å². The molecule has 17 heavy (non-hydrogen) atoms. The van der Waals surface area contributed by atoms with Gasteiger partial charge in [-0.2, -0.15) is 0 Å². The normalized spacial score (nSPS) is 12.6. The van der Waals surface area contributed by atoms with Crippen molar-refractivity contribution < 1.29 is 0 Å². The molecule has 0 spiro atoms. The van der Waals surface area contributed by atoms with E-state index < -0.39 is 0 Å². The minimum absolute atomic E-state index is 0.366. The molecule has 5 nitrogen and oxygen atoms in total. The summed E-state index contributed by atoms with van der Waals surface area (Å²) in [6.07, 6.45) is 1.88. The number of nitrogens with two attached hydrogens (primary N) is 1. The maximum atomic E-state index is 5.41. The van der Waals surface area contributed by atoms with Crippen molar-refractivity contribution in [2.75, 3.05) is 10.7 Å². The Bertz CT molecular complexity index is 351. The first-order valence-electron chi connectivity index (χ1n) is 6.18.